The van der Waals surface area contributed by atoms with Crippen LogP contribution in [0.15, 0.2) is 42.5 Å². The van der Waals surface area contributed by atoms with Crippen molar-refractivity contribution >= 4 is 0 Å². The number of nitrogens with one attached hydrogen (secondary N) is 1. The maximum absolute atomic E-state index is 5.71. The predicted molar refractivity (Wildman–Crippen MR) is 84.7 cm³/mol. The molecular weight excluding hydrogens is 258 g/mol. The number of ether oxygens (including phenoxy) is 1. The Kier molecular flexibility index (Phi) is 3.40. The van der Waals surface area contributed by atoms with Gasteiger partial charge in [0.05, 0.1) is 6.61 Å². The molecule has 2 nitrogen and oxygen atoms in total. The first-order valence-corrected chi connectivity index (χ1v) is 7.93. The van der Waals surface area contributed by atoms with Gasteiger partial charge in [-0.25, -0.2) is 0 Å². The van der Waals surface area contributed by atoms with E-state index in [2.05, 4.69) is 47.8 Å². The SMILES string of the molecule is c1ccc(CNC2CCc3cc4c(cc3C2)OCC4)cc1. The number of rotatable bonds is 3. The normalized spacial score (nSPS) is 19.7. The van der Waals surface area contributed by atoms with Crippen LogP contribution in [0.1, 0.15) is 28.7 Å². The molecular formula is C19H21NO. The fourth-order valence-electron chi connectivity index (χ4n) is 3.47. The fraction of sp³-hybridized carbons (Fsp3) is 0.368. The van der Waals surface area contributed by atoms with E-state index in [-0.39, 0.29) is 0 Å². The Morgan fingerprint density at radius 2 is 1.90 bits per heavy atom. The first-order valence-electron chi connectivity index (χ1n) is 7.93. The third-order valence-corrected chi connectivity index (χ3v) is 4.68. The first kappa shape index (κ1) is 12.9. The molecule has 1 heterocycles. The summed E-state index contributed by atoms with van der Waals surface area (Å²) in [5.74, 6) is 1.12. The molecule has 0 spiro atoms. The van der Waals surface area contributed by atoms with Gasteiger partial charge >= 0.3 is 0 Å². The number of hydrogen-bond acceptors (Lipinski definition) is 2. The van der Waals surface area contributed by atoms with Crippen LogP contribution >= 0.6 is 0 Å². The van der Waals surface area contributed by atoms with Crippen molar-refractivity contribution in [3.8, 4) is 5.75 Å². The second-order valence-corrected chi connectivity index (χ2v) is 6.13. The van der Waals surface area contributed by atoms with Crippen molar-refractivity contribution < 1.29 is 4.74 Å². The van der Waals surface area contributed by atoms with Crippen LogP contribution in [-0.4, -0.2) is 12.6 Å². The van der Waals surface area contributed by atoms with Gasteiger partial charge in [0, 0.05) is 19.0 Å². The Hall–Kier alpha value is -1.80. The van der Waals surface area contributed by atoms with Gasteiger partial charge < -0.3 is 10.1 Å². The summed E-state index contributed by atoms with van der Waals surface area (Å²) in [5.41, 5.74) is 5.79. The molecule has 0 saturated carbocycles. The van der Waals surface area contributed by atoms with E-state index in [0.29, 0.717) is 6.04 Å². The molecule has 1 atom stereocenters. The first-order chi connectivity index (χ1) is 10.4. The van der Waals surface area contributed by atoms with Crippen molar-refractivity contribution in [2.75, 3.05) is 6.61 Å². The van der Waals surface area contributed by atoms with Crippen LogP contribution < -0.4 is 10.1 Å². The maximum atomic E-state index is 5.71. The minimum Gasteiger partial charge on any atom is -0.493 e. The molecule has 1 aliphatic carbocycles. The molecule has 0 bridgehead atoms. The number of hydrogen-bond donors (Lipinski definition) is 1. The lowest BCUT2D eigenvalue weighted by Crippen LogP contribution is -2.34. The number of aryl methyl sites for hydroxylation is 1. The zero-order valence-electron chi connectivity index (χ0n) is 12.3. The van der Waals surface area contributed by atoms with Crippen molar-refractivity contribution in [1.82, 2.24) is 5.32 Å². The van der Waals surface area contributed by atoms with E-state index >= 15 is 0 Å². The summed E-state index contributed by atoms with van der Waals surface area (Å²) in [6, 6.07) is 15.9. The number of benzene rings is 2. The molecule has 0 fully saturated rings. The van der Waals surface area contributed by atoms with E-state index in [1.165, 1.54) is 35.1 Å². The Labute approximate surface area is 126 Å². The average Bonchev–Trinajstić information content (AvgIpc) is 2.98. The highest BCUT2D eigenvalue weighted by Crippen LogP contribution is 2.32. The molecule has 4 rings (SSSR count). The minimum absolute atomic E-state index is 0.581. The van der Waals surface area contributed by atoms with Crippen molar-refractivity contribution in [1.29, 1.82) is 0 Å². The second kappa shape index (κ2) is 5.53. The van der Waals surface area contributed by atoms with Crippen LogP contribution in [-0.2, 0) is 25.8 Å². The van der Waals surface area contributed by atoms with Gasteiger partial charge in [0.15, 0.2) is 0 Å². The van der Waals surface area contributed by atoms with Crippen LogP contribution in [0.2, 0.25) is 0 Å². The highest BCUT2D eigenvalue weighted by Gasteiger charge is 2.22. The van der Waals surface area contributed by atoms with E-state index in [0.717, 1.165) is 31.7 Å². The Balaban J connectivity index is 1.44. The maximum Gasteiger partial charge on any atom is 0.122 e. The van der Waals surface area contributed by atoms with E-state index in [4.69, 9.17) is 4.74 Å². The molecule has 0 aromatic heterocycles. The van der Waals surface area contributed by atoms with Gasteiger partial charge in [-0.05, 0) is 47.6 Å². The van der Waals surface area contributed by atoms with E-state index in [9.17, 15) is 0 Å². The van der Waals surface area contributed by atoms with Crippen molar-refractivity contribution in [2.45, 2.75) is 38.3 Å². The molecule has 2 heteroatoms. The summed E-state index contributed by atoms with van der Waals surface area (Å²) in [5, 5.41) is 3.71. The van der Waals surface area contributed by atoms with Gasteiger partial charge in [0.25, 0.3) is 0 Å². The molecule has 108 valence electrons. The lowest BCUT2D eigenvalue weighted by molar-refractivity contribution is 0.356. The quantitative estimate of drug-likeness (QED) is 0.931. The Bertz CT molecular complexity index is 636. The van der Waals surface area contributed by atoms with Crippen LogP contribution in [0.4, 0.5) is 0 Å². The molecule has 2 aromatic carbocycles. The fourth-order valence-corrected chi connectivity index (χ4v) is 3.47. The number of fused-ring (bicyclic) bond motifs is 2. The second-order valence-electron chi connectivity index (χ2n) is 6.13. The summed E-state index contributed by atoms with van der Waals surface area (Å²) in [6.45, 7) is 1.82. The summed E-state index contributed by atoms with van der Waals surface area (Å²) in [6.07, 6.45) is 4.63. The van der Waals surface area contributed by atoms with Gasteiger partial charge in [0.2, 0.25) is 0 Å². The molecule has 2 aromatic rings. The zero-order chi connectivity index (χ0) is 14.1. The molecule has 2 aliphatic rings. The highest BCUT2D eigenvalue weighted by atomic mass is 16.5. The Morgan fingerprint density at radius 3 is 2.81 bits per heavy atom. The van der Waals surface area contributed by atoms with Gasteiger partial charge in [-0.3, -0.25) is 0 Å². The summed E-state index contributed by atoms with van der Waals surface area (Å²) in [4.78, 5) is 0. The van der Waals surface area contributed by atoms with E-state index in [1.807, 2.05) is 0 Å². The average molecular weight is 279 g/mol. The Morgan fingerprint density at radius 1 is 1.00 bits per heavy atom. The van der Waals surface area contributed by atoms with Gasteiger partial charge in [-0.1, -0.05) is 36.4 Å². The lowest BCUT2D eigenvalue weighted by atomic mass is 9.86. The standard InChI is InChI=1S/C19H21NO/c1-2-4-14(5-3-1)13-20-18-7-6-15-10-16-8-9-21-19(16)12-17(15)11-18/h1-5,10,12,18,20H,6-9,11,13H2. The summed E-state index contributed by atoms with van der Waals surface area (Å²) >= 11 is 0. The topological polar surface area (TPSA) is 21.3 Å². The smallest absolute Gasteiger partial charge is 0.122 e. The minimum atomic E-state index is 0.581. The monoisotopic (exact) mass is 279 g/mol. The largest absolute Gasteiger partial charge is 0.493 e. The molecule has 0 saturated heterocycles. The molecule has 1 unspecified atom stereocenters. The van der Waals surface area contributed by atoms with Crippen LogP contribution in [0.25, 0.3) is 0 Å². The molecule has 1 aliphatic heterocycles. The third kappa shape index (κ3) is 2.68. The molecule has 0 radical (unpaired) electrons. The van der Waals surface area contributed by atoms with Gasteiger partial charge in [-0.2, -0.15) is 0 Å². The van der Waals surface area contributed by atoms with Crippen LogP contribution in [0.5, 0.6) is 5.75 Å². The summed E-state index contributed by atoms with van der Waals surface area (Å²) in [7, 11) is 0. The molecule has 21 heavy (non-hydrogen) atoms. The summed E-state index contributed by atoms with van der Waals surface area (Å²) < 4.78 is 5.71. The predicted octanol–water partition coefficient (Wildman–Crippen LogP) is 3.27. The third-order valence-electron chi connectivity index (χ3n) is 4.68. The van der Waals surface area contributed by atoms with Crippen molar-refractivity contribution in [2.24, 2.45) is 0 Å². The van der Waals surface area contributed by atoms with Gasteiger partial charge in [-0.15, -0.1) is 0 Å². The zero-order valence-corrected chi connectivity index (χ0v) is 12.3. The lowest BCUT2D eigenvalue weighted by Gasteiger charge is -2.26. The van der Waals surface area contributed by atoms with Crippen molar-refractivity contribution in [3.63, 3.8) is 0 Å². The van der Waals surface area contributed by atoms with Crippen LogP contribution in [0.3, 0.4) is 0 Å². The molecule has 0 amide bonds. The van der Waals surface area contributed by atoms with Crippen LogP contribution in [0, 0.1) is 0 Å². The highest BCUT2D eigenvalue weighted by molar-refractivity contribution is 5.46. The molecule has 1 N–H and O–H groups in total. The van der Waals surface area contributed by atoms with E-state index < -0.39 is 0 Å². The van der Waals surface area contributed by atoms with Gasteiger partial charge in [0.1, 0.15) is 5.75 Å². The van der Waals surface area contributed by atoms with Crippen molar-refractivity contribution in [3.05, 3.63) is 64.7 Å². The van der Waals surface area contributed by atoms with E-state index in [1.54, 1.807) is 0 Å².